The molecule has 0 spiro atoms. The zero-order valence-electron chi connectivity index (χ0n) is 10.3. The van der Waals surface area contributed by atoms with Crippen LogP contribution in [0.5, 0.6) is 0 Å². The van der Waals surface area contributed by atoms with E-state index in [0.29, 0.717) is 5.75 Å². The molecule has 0 saturated carbocycles. The van der Waals surface area contributed by atoms with E-state index in [1.807, 2.05) is 31.2 Å². The largest absolute Gasteiger partial charge is 0.249 e. The summed E-state index contributed by atoms with van der Waals surface area (Å²) >= 11 is 1.44. The van der Waals surface area contributed by atoms with Crippen molar-refractivity contribution in [2.24, 2.45) is 0 Å². The summed E-state index contributed by atoms with van der Waals surface area (Å²) in [4.78, 5) is 8.96. The molecule has 4 nitrogen and oxygen atoms in total. The Bertz CT molecular complexity index is 669. The summed E-state index contributed by atoms with van der Waals surface area (Å²) in [6.07, 6.45) is 1.24. The minimum atomic E-state index is -2.92. The number of aromatic nitrogens is 2. The quantitative estimate of drug-likeness (QED) is 0.803. The van der Waals surface area contributed by atoms with Crippen LogP contribution in [0.15, 0.2) is 29.3 Å². The smallest absolute Gasteiger partial charge is 0.148 e. The predicted octanol–water partition coefficient (Wildman–Crippen LogP) is 2.07. The lowest BCUT2D eigenvalue weighted by molar-refractivity contribution is 0.603. The molecule has 96 valence electrons. The number of rotatable bonds is 4. The van der Waals surface area contributed by atoms with Crippen LogP contribution in [0.1, 0.15) is 5.69 Å². The summed E-state index contributed by atoms with van der Waals surface area (Å²) in [6, 6.07) is 7.66. The third-order valence-electron chi connectivity index (χ3n) is 2.39. The Morgan fingerprint density at radius 1 is 1.17 bits per heavy atom. The molecule has 0 aliphatic heterocycles. The maximum atomic E-state index is 11.1. The first-order valence-corrected chi connectivity index (χ1v) is 8.54. The van der Waals surface area contributed by atoms with Crippen molar-refractivity contribution in [2.75, 3.05) is 17.8 Å². The number of hydrogen-bond donors (Lipinski definition) is 0. The van der Waals surface area contributed by atoms with E-state index in [1.54, 1.807) is 0 Å². The second-order valence-electron chi connectivity index (χ2n) is 4.08. The number of para-hydroxylation sites is 2. The molecule has 2 rings (SSSR count). The molecular formula is C12H14N2O2S2. The van der Waals surface area contributed by atoms with E-state index in [-0.39, 0.29) is 5.75 Å². The molecular weight excluding hydrogens is 268 g/mol. The zero-order chi connectivity index (χ0) is 13.2. The Balaban J connectivity index is 2.20. The second-order valence-corrected chi connectivity index (χ2v) is 7.42. The summed E-state index contributed by atoms with van der Waals surface area (Å²) in [5.74, 6) is 0.665. The Labute approximate surface area is 111 Å². The van der Waals surface area contributed by atoms with E-state index >= 15 is 0 Å². The fourth-order valence-electron chi connectivity index (χ4n) is 1.50. The van der Waals surface area contributed by atoms with Gasteiger partial charge in [-0.1, -0.05) is 12.1 Å². The number of aryl methyl sites for hydroxylation is 1. The van der Waals surface area contributed by atoms with Gasteiger partial charge in [-0.3, -0.25) is 0 Å². The van der Waals surface area contributed by atoms with Crippen LogP contribution >= 0.6 is 11.8 Å². The molecule has 1 aromatic carbocycles. The summed E-state index contributed by atoms with van der Waals surface area (Å²) in [5.41, 5.74) is 2.54. The molecule has 1 heterocycles. The minimum Gasteiger partial charge on any atom is -0.249 e. The van der Waals surface area contributed by atoms with Crippen LogP contribution in [-0.4, -0.2) is 36.1 Å². The number of hydrogen-bond acceptors (Lipinski definition) is 5. The van der Waals surface area contributed by atoms with Gasteiger partial charge in [-0.05, 0) is 19.1 Å². The first-order valence-electron chi connectivity index (χ1n) is 5.49. The summed E-state index contributed by atoms with van der Waals surface area (Å²) in [7, 11) is -2.92. The van der Waals surface area contributed by atoms with Gasteiger partial charge in [0.1, 0.15) is 14.9 Å². The summed E-state index contributed by atoms with van der Waals surface area (Å²) in [5, 5.41) is 0.803. The van der Waals surface area contributed by atoms with Crippen molar-refractivity contribution in [3.8, 4) is 0 Å². The van der Waals surface area contributed by atoms with Crippen LogP contribution in [0.2, 0.25) is 0 Å². The molecule has 1 aromatic heterocycles. The molecule has 0 bridgehead atoms. The van der Waals surface area contributed by atoms with Crippen molar-refractivity contribution >= 4 is 32.6 Å². The van der Waals surface area contributed by atoms with Crippen LogP contribution in [0.3, 0.4) is 0 Å². The zero-order valence-corrected chi connectivity index (χ0v) is 11.9. The molecule has 0 aliphatic carbocycles. The van der Waals surface area contributed by atoms with Crippen molar-refractivity contribution < 1.29 is 8.42 Å². The summed E-state index contributed by atoms with van der Waals surface area (Å²) in [6.45, 7) is 1.89. The first-order chi connectivity index (χ1) is 8.46. The van der Waals surface area contributed by atoms with Crippen molar-refractivity contribution in [1.82, 2.24) is 9.97 Å². The maximum Gasteiger partial charge on any atom is 0.148 e. The predicted molar refractivity (Wildman–Crippen MR) is 74.7 cm³/mol. The van der Waals surface area contributed by atoms with E-state index in [0.717, 1.165) is 21.8 Å². The lowest BCUT2D eigenvalue weighted by Crippen LogP contribution is -2.05. The monoisotopic (exact) mass is 282 g/mol. The Morgan fingerprint density at radius 3 is 2.39 bits per heavy atom. The van der Waals surface area contributed by atoms with Crippen molar-refractivity contribution in [3.05, 3.63) is 30.0 Å². The highest BCUT2D eigenvalue weighted by molar-refractivity contribution is 8.00. The molecule has 0 N–H and O–H groups in total. The van der Waals surface area contributed by atoms with Gasteiger partial charge in [0.05, 0.1) is 22.5 Å². The van der Waals surface area contributed by atoms with Gasteiger partial charge in [0.25, 0.3) is 0 Å². The molecule has 0 amide bonds. The molecule has 0 fully saturated rings. The van der Waals surface area contributed by atoms with Crippen molar-refractivity contribution in [1.29, 1.82) is 0 Å². The Morgan fingerprint density at radius 2 is 1.78 bits per heavy atom. The van der Waals surface area contributed by atoms with Gasteiger partial charge >= 0.3 is 0 Å². The maximum absolute atomic E-state index is 11.1. The topological polar surface area (TPSA) is 59.9 Å². The number of nitrogens with zero attached hydrogens (tertiary/aromatic N) is 2. The average molecular weight is 282 g/mol. The lowest BCUT2D eigenvalue weighted by Gasteiger charge is -2.05. The van der Waals surface area contributed by atoms with Crippen molar-refractivity contribution in [2.45, 2.75) is 11.9 Å². The van der Waals surface area contributed by atoms with Crippen LogP contribution in [0, 0.1) is 6.92 Å². The molecule has 0 saturated heterocycles. The van der Waals surface area contributed by atoms with Crippen LogP contribution in [0.4, 0.5) is 0 Å². The molecule has 0 radical (unpaired) electrons. The normalized spacial score (nSPS) is 11.9. The first kappa shape index (κ1) is 13.3. The van der Waals surface area contributed by atoms with Gasteiger partial charge in [0.15, 0.2) is 0 Å². The SMILES string of the molecule is Cc1nc2ccccc2nc1SCCS(C)(=O)=O. The van der Waals surface area contributed by atoms with Gasteiger partial charge in [-0.2, -0.15) is 0 Å². The van der Waals surface area contributed by atoms with Gasteiger partial charge in [0.2, 0.25) is 0 Å². The van der Waals surface area contributed by atoms with Gasteiger partial charge in [0, 0.05) is 12.0 Å². The van der Waals surface area contributed by atoms with E-state index in [2.05, 4.69) is 9.97 Å². The van der Waals surface area contributed by atoms with E-state index in [4.69, 9.17) is 0 Å². The van der Waals surface area contributed by atoms with Crippen LogP contribution in [-0.2, 0) is 9.84 Å². The highest BCUT2D eigenvalue weighted by Gasteiger charge is 2.07. The van der Waals surface area contributed by atoms with Gasteiger partial charge in [-0.25, -0.2) is 18.4 Å². The average Bonchev–Trinajstić information content (AvgIpc) is 2.28. The van der Waals surface area contributed by atoms with Gasteiger partial charge < -0.3 is 0 Å². The molecule has 2 aromatic rings. The minimum absolute atomic E-state index is 0.158. The fourth-order valence-corrected chi connectivity index (χ4v) is 3.65. The molecule has 0 aliphatic rings. The second kappa shape index (κ2) is 5.24. The third kappa shape index (κ3) is 3.43. The number of thioether (sulfide) groups is 1. The number of sulfone groups is 1. The van der Waals surface area contributed by atoms with E-state index < -0.39 is 9.84 Å². The fraction of sp³-hybridized carbons (Fsp3) is 0.333. The molecule has 6 heteroatoms. The standard InChI is InChI=1S/C12H14N2O2S2/c1-9-12(17-7-8-18(2,15)16)14-11-6-4-3-5-10(11)13-9/h3-6H,7-8H2,1-2H3. The molecule has 0 unspecified atom stereocenters. The van der Waals surface area contributed by atoms with Crippen LogP contribution in [0.25, 0.3) is 11.0 Å². The number of fused-ring (bicyclic) bond motifs is 1. The van der Waals surface area contributed by atoms with Crippen molar-refractivity contribution in [3.63, 3.8) is 0 Å². The third-order valence-corrected chi connectivity index (χ3v) is 4.67. The Kier molecular flexibility index (Phi) is 3.87. The highest BCUT2D eigenvalue weighted by atomic mass is 32.2. The number of benzene rings is 1. The molecule has 0 atom stereocenters. The molecule has 18 heavy (non-hydrogen) atoms. The lowest BCUT2D eigenvalue weighted by atomic mass is 10.3. The van der Waals surface area contributed by atoms with Crippen LogP contribution < -0.4 is 0 Å². The van der Waals surface area contributed by atoms with E-state index in [9.17, 15) is 8.42 Å². The highest BCUT2D eigenvalue weighted by Crippen LogP contribution is 2.21. The Hall–Kier alpha value is -1.14. The summed E-state index contributed by atoms with van der Waals surface area (Å²) < 4.78 is 22.1. The van der Waals surface area contributed by atoms with Gasteiger partial charge in [-0.15, -0.1) is 11.8 Å². The van der Waals surface area contributed by atoms with E-state index in [1.165, 1.54) is 18.0 Å².